The largest absolute Gasteiger partial charge is 0.0620 e. The first kappa shape index (κ1) is 10.5. The molecule has 0 amide bonds. The molecule has 0 heterocycles. The van der Waals surface area contributed by atoms with E-state index in [-0.39, 0.29) is 0 Å². The van der Waals surface area contributed by atoms with Gasteiger partial charge in [-0.25, -0.2) is 0 Å². The molecule has 2 aliphatic carbocycles. The van der Waals surface area contributed by atoms with Gasteiger partial charge in [0.15, 0.2) is 0 Å². The first-order valence-electron chi connectivity index (χ1n) is 6.39. The molecule has 14 heavy (non-hydrogen) atoms. The molecule has 0 aromatic heterocycles. The summed E-state index contributed by atoms with van der Waals surface area (Å²) in [5.41, 5.74) is 1.24. The van der Waals surface area contributed by atoms with Crippen LogP contribution in [0.15, 0.2) is 0 Å². The van der Waals surface area contributed by atoms with Crippen LogP contribution in [0.5, 0.6) is 0 Å². The minimum atomic E-state index is 0.581. The van der Waals surface area contributed by atoms with Gasteiger partial charge in [-0.1, -0.05) is 34.6 Å². The Balaban J connectivity index is 2.31. The van der Waals surface area contributed by atoms with Gasteiger partial charge in [-0.15, -0.1) is 0 Å². The lowest BCUT2D eigenvalue weighted by atomic mass is 9.53. The summed E-state index contributed by atoms with van der Waals surface area (Å²) in [6, 6.07) is 0. The zero-order valence-corrected chi connectivity index (χ0v) is 10.6. The molecule has 0 heteroatoms. The Bertz CT molecular complexity index is 228. The summed E-state index contributed by atoms with van der Waals surface area (Å²) in [6.07, 6.45) is 5.88. The smallest absolute Gasteiger partial charge is 0.0267 e. The van der Waals surface area contributed by atoms with Crippen LogP contribution in [0.4, 0.5) is 0 Å². The second-order valence-corrected chi connectivity index (χ2v) is 6.80. The van der Waals surface area contributed by atoms with Gasteiger partial charge in [-0.2, -0.15) is 0 Å². The predicted molar refractivity (Wildman–Crippen MR) is 62.2 cm³/mol. The van der Waals surface area contributed by atoms with E-state index >= 15 is 0 Å². The normalized spacial score (nSPS) is 51.6. The second-order valence-electron chi connectivity index (χ2n) is 6.80. The van der Waals surface area contributed by atoms with Crippen molar-refractivity contribution in [3.8, 4) is 0 Å². The Labute approximate surface area is 89.5 Å². The number of rotatable bonds is 0. The van der Waals surface area contributed by atoms with Gasteiger partial charge >= 0.3 is 0 Å². The third-order valence-electron chi connectivity index (χ3n) is 6.09. The summed E-state index contributed by atoms with van der Waals surface area (Å²) in [5, 5.41) is 0. The Morgan fingerprint density at radius 1 is 0.857 bits per heavy atom. The van der Waals surface area contributed by atoms with Crippen molar-refractivity contribution in [2.24, 2.45) is 28.6 Å². The van der Waals surface area contributed by atoms with Crippen molar-refractivity contribution in [2.45, 2.75) is 60.3 Å². The second kappa shape index (κ2) is 3.00. The highest BCUT2D eigenvalue weighted by atomic mass is 14.6. The van der Waals surface area contributed by atoms with Crippen molar-refractivity contribution in [3.63, 3.8) is 0 Å². The van der Waals surface area contributed by atoms with E-state index in [1.54, 1.807) is 0 Å². The average Bonchev–Trinajstić information content (AvgIpc) is 2.39. The lowest BCUT2D eigenvalue weighted by molar-refractivity contribution is -0.0338. The number of hydrogen-bond acceptors (Lipinski definition) is 0. The number of hydrogen-bond donors (Lipinski definition) is 0. The SMILES string of the molecule is CC1CC[C@]2(C)C(C)CCC2C1(C)C. The molecule has 0 aliphatic heterocycles. The maximum absolute atomic E-state index is 2.56. The van der Waals surface area contributed by atoms with Gasteiger partial charge < -0.3 is 0 Å². The van der Waals surface area contributed by atoms with Crippen molar-refractivity contribution in [3.05, 3.63) is 0 Å². The fourth-order valence-electron chi connectivity index (χ4n) is 4.31. The van der Waals surface area contributed by atoms with Gasteiger partial charge in [0, 0.05) is 0 Å². The Kier molecular flexibility index (Phi) is 2.25. The molecule has 2 rings (SSSR count). The van der Waals surface area contributed by atoms with Crippen LogP contribution >= 0.6 is 0 Å². The van der Waals surface area contributed by atoms with Crippen LogP contribution in [0, 0.1) is 28.6 Å². The zero-order chi connectivity index (χ0) is 10.6. The molecule has 2 aliphatic rings. The molecule has 0 radical (unpaired) electrons. The Morgan fingerprint density at radius 3 is 2.14 bits per heavy atom. The maximum atomic E-state index is 2.56. The molecule has 2 saturated carbocycles. The van der Waals surface area contributed by atoms with E-state index in [4.69, 9.17) is 0 Å². The molecule has 2 fully saturated rings. The van der Waals surface area contributed by atoms with E-state index in [9.17, 15) is 0 Å². The van der Waals surface area contributed by atoms with E-state index in [2.05, 4.69) is 34.6 Å². The van der Waals surface area contributed by atoms with Crippen LogP contribution in [0.25, 0.3) is 0 Å². The van der Waals surface area contributed by atoms with Crippen molar-refractivity contribution >= 4 is 0 Å². The summed E-state index contributed by atoms with van der Waals surface area (Å²) in [5.74, 6) is 2.86. The van der Waals surface area contributed by atoms with Crippen LogP contribution in [0.2, 0.25) is 0 Å². The molecule has 3 unspecified atom stereocenters. The Morgan fingerprint density at radius 2 is 1.50 bits per heavy atom. The van der Waals surface area contributed by atoms with Crippen molar-refractivity contribution in [2.75, 3.05) is 0 Å². The highest BCUT2D eigenvalue weighted by Gasteiger charge is 2.54. The molecule has 0 spiro atoms. The van der Waals surface area contributed by atoms with Crippen molar-refractivity contribution < 1.29 is 0 Å². The quantitative estimate of drug-likeness (QED) is 0.533. The maximum Gasteiger partial charge on any atom is -0.0267 e. The summed E-state index contributed by atoms with van der Waals surface area (Å²) in [4.78, 5) is 0. The minimum Gasteiger partial charge on any atom is -0.0620 e. The van der Waals surface area contributed by atoms with Crippen LogP contribution < -0.4 is 0 Å². The fraction of sp³-hybridized carbons (Fsp3) is 1.00. The topological polar surface area (TPSA) is 0 Å². The van der Waals surface area contributed by atoms with Crippen LogP contribution in [0.1, 0.15) is 60.3 Å². The molecule has 0 bridgehead atoms. The molecular weight excluding hydrogens is 168 g/mol. The van der Waals surface area contributed by atoms with E-state index < -0.39 is 0 Å². The van der Waals surface area contributed by atoms with Gasteiger partial charge in [0.2, 0.25) is 0 Å². The van der Waals surface area contributed by atoms with Gasteiger partial charge in [0.1, 0.15) is 0 Å². The highest BCUT2D eigenvalue weighted by Crippen LogP contribution is 2.63. The van der Waals surface area contributed by atoms with E-state index in [1.807, 2.05) is 0 Å². The fourth-order valence-corrected chi connectivity index (χ4v) is 4.31. The number of fused-ring (bicyclic) bond motifs is 1. The lowest BCUT2D eigenvalue weighted by Crippen LogP contribution is -2.45. The third-order valence-corrected chi connectivity index (χ3v) is 6.09. The standard InChI is InChI=1S/C14H26/c1-10-8-9-14(5)11(2)6-7-12(14)13(10,3)4/h10-12H,6-9H2,1-5H3/t10?,11?,12?,14-/m1/s1. The molecular formula is C14H26. The van der Waals surface area contributed by atoms with E-state index in [0.29, 0.717) is 10.8 Å². The van der Waals surface area contributed by atoms with E-state index in [1.165, 1.54) is 25.7 Å². The van der Waals surface area contributed by atoms with Gasteiger partial charge in [0.05, 0.1) is 0 Å². The van der Waals surface area contributed by atoms with Crippen LogP contribution in [-0.4, -0.2) is 0 Å². The zero-order valence-electron chi connectivity index (χ0n) is 10.6. The van der Waals surface area contributed by atoms with Crippen molar-refractivity contribution in [1.29, 1.82) is 0 Å². The molecule has 82 valence electrons. The third kappa shape index (κ3) is 1.19. The van der Waals surface area contributed by atoms with Crippen molar-refractivity contribution in [1.82, 2.24) is 0 Å². The molecule has 0 saturated heterocycles. The molecule has 0 aromatic rings. The lowest BCUT2D eigenvalue weighted by Gasteiger charge is -2.52. The van der Waals surface area contributed by atoms with E-state index in [0.717, 1.165) is 17.8 Å². The predicted octanol–water partition coefficient (Wildman–Crippen LogP) is 4.49. The first-order valence-corrected chi connectivity index (χ1v) is 6.39. The summed E-state index contributed by atoms with van der Waals surface area (Å²) < 4.78 is 0. The molecule has 0 aromatic carbocycles. The molecule has 0 N–H and O–H groups in total. The van der Waals surface area contributed by atoms with Gasteiger partial charge in [-0.05, 0) is 54.3 Å². The van der Waals surface area contributed by atoms with Gasteiger partial charge in [0.25, 0.3) is 0 Å². The first-order chi connectivity index (χ1) is 6.39. The minimum absolute atomic E-state index is 0.581. The van der Waals surface area contributed by atoms with Crippen LogP contribution in [0.3, 0.4) is 0 Å². The Hall–Kier alpha value is 0. The monoisotopic (exact) mass is 194 g/mol. The van der Waals surface area contributed by atoms with Gasteiger partial charge in [-0.3, -0.25) is 0 Å². The summed E-state index contributed by atoms with van der Waals surface area (Å²) in [6.45, 7) is 12.5. The summed E-state index contributed by atoms with van der Waals surface area (Å²) in [7, 11) is 0. The average molecular weight is 194 g/mol. The molecule has 4 atom stereocenters. The highest BCUT2D eigenvalue weighted by molar-refractivity contribution is 5.03. The van der Waals surface area contributed by atoms with Crippen LogP contribution in [-0.2, 0) is 0 Å². The summed E-state index contributed by atoms with van der Waals surface area (Å²) >= 11 is 0. The molecule has 0 nitrogen and oxygen atoms in total.